The fraction of sp³-hybridized carbons (Fsp3) is 0.391. The molecule has 0 bridgehead atoms. The molecule has 6 heteroatoms. The molecule has 0 saturated carbocycles. The van der Waals surface area contributed by atoms with Crippen molar-refractivity contribution >= 4 is 17.5 Å². The van der Waals surface area contributed by atoms with Crippen LogP contribution in [0.3, 0.4) is 0 Å². The molecule has 2 amide bonds. The molecule has 2 N–H and O–H groups in total. The Hall–Kier alpha value is -3.02. The van der Waals surface area contributed by atoms with Gasteiger partial charge in [0.25, 0.3) is 5.91 Å². The Morgan fingerprint density at radius 2 is 1.79 bits per heavy atom. The fourth-order valence-electron chi connectivity index (χ4n) is 3.27. The van der Waals surface area contributed by atoms with Gasteiger partial charge in [-0.3, -0.25) is 9.59 Å². The second-order valence-corrected chi connectivity index (χ2v) is 7.52. The number of likely N-dealkylation sites (tertiary alicyclic amines) is 1. The largest absolute Gasteiger partial charge is 0.491 e. The first-order chi connectivity index (χ1) is 14.0. The lowest BCUT2D eigenvalue weighted by atomic mass is 10.1. The van der Waals surface area contributed by atoms with Gasteiger partial charge in [0.15, 0.2) is 0 Å². The SMILES string of the molecule is CC(C)Oc1ccc(CNC(=O)CNc2cccc(C(=O)N3CCCC3)c2)cc1. The molecule has 1 aliphatic rings. The third-order valence-corrected chi connectivity index (χ3v) is 4.74. The lowest BCUT2D eigenvalue weighted by Crippen LogP contribution is -2.29. The monoisotopic (exact) mass is 395 g/mol. The molecule has 1 heterocycles. The quantitative estimate of drug-likeness (QED) is 0.718. The number of ether oxygens (including phenoxy) is 1. The van der Waals surface area contributed by atoms with Gasteiger partial charge in [-0.1, -0.05) is 18.2 Å². The van der Waals surface area contributed by atoms with Gasteiger partial charge < -0.3 is 20.3 Å². The molecule has 3 rings (SSSR count). The topological polar surface area (TPSA) is 70.7 Å². The fourth-order valence-corrected chi connectivity index (χ4v) is 3.27. The molecule has 0 radical (unpaired) electrons. The van der Waals surface area contributed by atoms with E-state index in [9.17, 15) is 9.59 Å². The molecule has 29 heavy (non-hydrogen) atoms. The zero-order valence-electron chi connectivity index (χ0n) is 17.1. The van der Waals surface area contributed by atoms with Crippen LogP contribution >= 0.6 is 0 Å². The maximum atomic E-state index is 12.5. The Morgan fingerprint density at radius 1 is 1.07 bits per heavy atom. The summed E-state index contributed by atoms with van der Waals surface area (Å²) in [4.78, 5) is 26.5. The van der Waals surface area contributed by atoms with Crippen molar-refractivity contribution in [1.82, 2.24) is 10.2 Å². The number of nitrogens with zero attached hydrogens (tertiary/aromatic N) is 1. The summed E-state index contributed by atoms with van der Waals surface area (Å²) >= 11 is 0. The van der Waals surface area contributed by atoms with E-state index in [0.29, 0.717) is 12.1 Å². The van der Waals surface area contributed by atoms with Gasteiger partial charge in [-0.2, -0.15) is 0 Å². The van der Waals surface area contributed by atoms with Gasteiger partial charge in [-0.25, -0.2) is 0 Å². The van der Waals surface area contributed by atoms with Gasteiger partial charge >= 0.3 is 0 Å². The number of anilines is 1. The Bertz CT molecular complexity index is 828. The summed E-state index contributed by atoms with van der Waals surface area (Å²) in [7, 11) is 0. The Labute approximate surface area is 172 Å². The predicted octanol–water partition coefficient (Wildman–Crippen LogP) is 3.44. The van der Waals surface area contributed by atoms with Gasteiger partial charge in [0, 0.05) is 30.9 Å². The zero-order chi connectivity index (χ0) is 20.6. The number of amides is 2. The summed E-state index contributed by atoms with van der Waals surface area (Å²) in [5.41, 5.74) is 2.43. The molecular weight excluding hydrogens is 366 g/mol. The number of hydrogen-bond donors (Lipinski definition) is 2. The summed E-state index contributed by atoms with van der Waals surface area (Å²) in [5, 5.41) is 5.99. The second-order valence-electron chi connectivity index (χ2n) is 7.52. The van der Waals surface area contributed by atoms with Crippen LogP contribution in [-0.4, -0.2) is 42.5 Å². The minimum Gasteiger partial charge on any atom is -0.491 e. The number of benzene rings is 2. The highest BCUT2D eigenvalue weighted by Gasteiger charge is 2.19. The van der Waals surface area contributed by atoms with Crippen LogP contribution in [0.1, 0.15) is 42.6 Å². The summed E-state index contributed by atoms with van der Waals surface area (Å²) < 4.78 is 5.62. The lowest BCUT2D eigenvalue weighted by molar-refractivity contribution is -0.119. The van der Waals surface area contributed by atoms with Crippen molar-refractivity contribution < 1.29 is 14.3 Å². The summed E-state index contributed by atoms with van der Waals surface area (Å²) in [5.74, 6) is 0.768. The van der Waals surface area contributed by atoms with Gasteiger partial charge in [0.2, 0.25) is 5.91 Å². The van der Waals surface area contributed by atoms with Crippen molar-refractivity contribution in [3.8, 4) is 5.75 Å². The molecule has 0 aliphatic carbocycles. The Morgan fingerprint density at radius 3 is 2.48 bits per heavy atom. The van der Waals surface area contributed by atoms with Crippen LogP contribution in [-0.2, 0) is 11.3 Å². The predicted molar refractivity (Wildman–Crippen MR) is 114 cm³/mol. The van der Waals surface area contributed by atoms with Crippen molar-refractivity contribution in [3.63, 3.8) is 0 Å². The normalized spacial score (nSPS) is 13.4. The first-order valence-electron chi connectivity index (χ1n) is 10.2. The minimum absolute atomic E-state index is 0.0560. The Balaban J connectivity index is 1.45. The van der Waals surface area contributed by atoms with E-state index in [1.165, 1.54) is 0 Å². The molecule has 1 saturated heterocycles. The van der Waals surface area contributed by atoms with Crippen molar-refractivity contribution in [2.75, 3.05) is 25.0 Å². The number of hydrogen-bond acceptors (Lipinski definition) is 4. The highest BCUT2D eigenvalue weighted by atomic mass is 16.5. The third kappa shape index (κ3) is 6.24. The van der Waals surface area contributed by atoms with E-state index in [2.05, 4.69) is 10.6 Å². The van der Waals surface area contributed by atoms with Crippen LogP contribution in [0.5, 0.6) is 5.75 Å². The van der Waals surface area contributed by atoms with Crippen LogP contribution in [0, 0.1) is 0 Å². The summed E-state index contributed by atoms with van der Waals surface area (Å²) in [6, 6.07) is 15.0. The maximum Gasteiger partial charge on any atom is 0.253 e. The number of nitrogens with one attached hydrogen (secondary N) is 2. The average molecular weight is 396 g/mol. The molecule has 2 aromatic rings. The van der Waals surface area contributed by atoms with Crippen LogP contribution in [0.4, 0.5) is 5.69 Å². The van der Waals surface area contributed by atoms with Crippen molar-refractivity contribution in [3.05, 3.63) is 59.7 Å². The number of rotatable bonds is 8. The molecule has 154 valence electrons. The highest BCUT2D eigenvalue weighted by molar-refractivity contribution is 5.95. The molecule has 0 aromatic heterocycles. The third-order valence-electron chi connectivity index (χ3n) is 4.74. The van der Waals surface area contributed by atoms with Gasteiger partial charge in [-0.05, 0) is 62.6 Å². The van der Waals surface area contributed by atoms with Crippen molar-refractivity contribution in [2.24, 2.45) is 0 Å². The van der Waals surface area contributed by atoms with Crippen LogP contribution in [0.15, 0.2) is 48.5 Å². The zero-order valence-corrected chi connectivity index (χ0v) is 17.1. The standard InChI is InChI=1S/C23H29N3O3/c1-17(2)29-21-10-8-18(9-11-21)15-25-22(27)16-24-20-7-5-6-19(14-20)23(28)26-12-3-4-13-26/h5-11,14,17,24H,3-4,12-13,15-16H2,1-2H3,(H,25,27). The average Bonchev–Trinajstić information content (AvgIpc) is 3.26. The van der Waals surface area contributed by atoms with E-state index >= 15 is 0 Å². The van der Waals surface area contributed by atoms with E-state index < -0.39 is 0 Å². The molecule has 0 atom stereocenters. The highest BCUT2D eigenvalue weighted by Crippen LogP contribution is 2.16. The first-order valence-corrected chi connectivity index (χ1v) is 10.2. The Kier molecular flexibility index (Phi) is 7.11. The van der Waals surface area contributed by atoms with Gasteiger partial charge in [0.05, 0.1) is 12.6 Å². The van der Waals surface area contributed by atoms with Crippen molar-refractivity contribution in [2.45, 2.75) is 39.3 Å². The van der Waals surface area contributed by atoms with Gasteiger partial charge in [0.1, 0.15) is 5.75 Å². The lowest BCUT2D eigenvalue weighted by Gasteiger charge is -2.16. The summed E-state index contributed by atoms with van der Waals surface area (Å²) in [6.07, 6.45) is 2.27. The molecule has 2 aromatic carbocycles. The summed E-state index contributed by atoms with van der Waals surface area (Å²) in [6.45, 7) is 6.22. The first kappa shape index (κ1) is 20.7. The molecule has 1 fully saturated rings. The minimum atomic E-state index is -0.108. The molecule has 6 nitrogen and oxygen atoms in total. The second kappa shape index (κ2) is 9.96. The van der Waals surface area contributed by atoms with Crippen LogP contribution in [0.25, 0.3) is 0 Å². The van der Waals surface area contributed by atoms with Crippen LogP contribution in [0.2, 0.25) is 0 Å². The van der Waals surface area contributed by atoms with E-state index in [0.717, 1.165) is 42.9 Å². The van der Waals surface area contributed by atoms with E-state index in [1.54, 1.807) is 6.07 Å². The van der Waals surface area contributed by atoms with E-state index in [4.69, 9.17) is 4.74 Å². The van der Waals surface area contributed by atoms with Crippen molar-refractivity contribution in [1.29, 1.82) is 0 Å². The number of carbonyl (C=O) groups is 2. The maximum absolute atomic E-state index is 12.5. The number of carbonyl (C=O) groups excluding carboxylic acids is 2. The van der Waals surface area contributed by atoms with Crippen LogP contribution < -0.4 is 15.4 Å². The molecular formula is C23H29N3O3. The van der Waals surface area contributed by atoms with E-state index in [1.807, 2.05) is 61.2 Å². The molecule has 1 aliphatic heterocycles. The van der Waals surface area contributed by atoms with Gasteiger partial charge in [-0.15, -0.1) is 0 Å². The smallest absolute Gasteiger partial charge is 0.253 e. The molecule has 0 spiro atoms. The molecule has 0 unspecified atom stereocenters. The van der Waals surface area contributed by atoms with E-state index in [-0.39, 0.29) is 24.5 Å².